The summed E-state index contributed by atoms with van der Waals surface area (Å²) in [5, 5.41) is 6.03. The van der Waals surface area contributed by atoms with Crippen molar-refractivity contribution in [1.82, 2.24) is 19.9 Å². The molecule has 2 aromatic heterocycles. The molecule has 84 valence electrons. The molecule has 2 heterocycles. The second-order valence-electron chi connectivity index (χ2n) is 3.00. The largest absolute Gasteiger partial charge is 0.368 e. The number of nitrogens with zero attached hydrogens (tertiary/aromatic N) is 4. The third-order valence-electron chi connectivity index (χ3n) is 1.72. The van der Waals surface area contributed by atoms with E-state index in [4.69, 9.17) is 17.3 Å². The number of aryl methyl sites for hydroxylation is 1. The predicted octanol–water partition coefficient (Wildman–Crippen LogP) is 1.48. The van der Waals surface area contributed by atoms with Crippen molar-refractivity contribution in [1.29, 1.82) is 0 Å². The van der Waals surface area contributed by atoms with Crippen LogP contribution in [0.5, 0.6) is 0 Å². The smallest absolute Gasteiger partial charge is 0.229 e. The van der Waals surface area contributed by atoms with E-state index in [0.29, 0.717) is 12.5 Å². The Morgan fingerprint density at radius 1 is 1.38 bits per heavy atom. The predicted molar refractivity (Wildman–Crippen MR) is 63.4 cm³/mol. The number of rotatable bonds is 3. The Labute approximate surface area is 101 Å². The Kier molecular flexibility index (Phi) is 3.16. The Morgan fingerprint density at radius 3 is 2.81 bits per heavy atom. The van der Waals surface area contributed by atoms with Gasteiger partial charge in [0.2, 0.25) is 17.2 Å². The SMILES string of the molecule is Cc1nc(CNc2nc(N)nc(Cl)n2)cs1. The molecule has 2 aromatic rings. The summed E-state index contributed by atoms with van der Waals surface area (Å²) in [6, 6.07) is 0. The number of nitrogen functional groups attached to an aromatic ring is 1. The van der Waals surface area contributed by atoms with Crippen LogP contribution in [0.4, 0.5) is 11.9 Å². The molecule has 6 nitrogen and oxygen atoms in total. The summed E-state index contributed by atoms with van der Waals surface area (Å²) in [5.41, 5.74) is 6.36. The summed E-state index contributed by atoms with van der Waals surface area (Å²) in [4.78, 5) is 15.7. The van der Waals surface area contributed by atoms with Gasteiger partial charge in [-0.05, 0) is 18.5 Å². The first-order valence-corrected chi connectivity index (χ1v) is 5.71. The van der Waals surface area contributed by atoms with Gasteiger partial charge in [0, 0.05) is 5.38 Å². The van der Waals surface area contributed by atoms with E-state index in [1.54, 1.807) is 11.3 Å². The molecule has 0 unspecified atom stereocenters. The number of hydrogen-bond donors (Lipinski definition) is 2. The molecule has 0 radical (unpaired) electrons. The minimum Gasteiger partial charge on any atom is -0.368 e. The Bertz CT molecular complexity index is 479. The molecule has 2 rings (SSSR count). The third kappa shape index (κ3) is 2.77. The number of halogens is 1. The van der Waals surface area contributed by atoms with Crippen LogP contribution in [0.1, 0.15) is 10.7 Å². The monoisotopic (exact) mass is 256 g/mol. The summed E-state index contributed by atoms with van der Waals surface area (Å²) in [6.45, 7) is 2.48. The molecule has 0 bridgehead atoms. The number of hydrogen-bond acceptors (Lipinski definition) is 7. The van der Waals surface area contributed by atoms with Crippen molar-refractivity contribution in [2.24, 2.45) is 0 Å². The molecule has 0 atom stereocenters. The van der Waals surface area contributed by atoms with Gasteiger partial charge in [0.1, 0.15) is 0 Å². The van der Waals surface area contributed by atoms with Crippen molar-refractivity contribution in [2.75, 3.05) is 11.1 Å². The van der Waals surface area contributed by atoms with Crippen molar-refractivity contribution in [2.45, 2.75) is 13.5 Å². The van der Waals surface area contributed by atoms with Crippen LogP contribution >= 0.6 is 22.9 Å². The van der Waals surface area contributed by atoms with Crippen molar-refractivity contribution in [3.8, 4) is 0 Å². The molecule has 0 aliphatic heterocycles. The summed E-state index contributed by atoms with van der Waals surface area (Å²) in [7, 11) is 0. The molecule has 0 fully saturated rings. The molecule has 0 aliphatic rings. The molecule has 0 saturated heterocycles. The van der Waals surface area contributed by atoms with Crippen LogP contribution in [0.2, 0.25) is 5.28 Å². The summed E-state index contributed by atoms with van der Waals surface area (Å²) in [6.07, 6.45) is 0. The molecule has 16 heavy (non-hydrogen) atoms. The van der Waals surface area contributed by atoms with E-state index in [9.17, 15) is 0 Å². The first kappa shape index (κ1) is 11.0. The number of nitrogens with two attached hydrogens (primary N) is 1. The highest BCUT2D eigenvalue weighted by Gasteiger charge is 2.03. The van der Waals surface area contributed by atoms with Crippen LogP contribution in [0.3, 0.4) is 0 Å². The van der Waals surface area contributed by atoms with Gasteiger partial charge in [-0.2, -0.15) is 15.0 Å². The van der Waals surface area contributed by atoms with E-state index in [0.717, 1.165) is 10.7 Å². The molecule has 0 spiro atoms. The quantitative estimate of drug-likeness (QED) is 0.865. The normalized spacial score (nSPS) is 10.4. The standard InChI is InChI=1S/C8H9ClN6S/c1-4-12-5(3-16-4)2-11-8-14-6(9)13-7(10)15-8/h3H,2H2,1H3,(H3,10,11,13,14,15). The highest BCUT2D eigenvalue weighted by molar-refractivity contribution is 7.09. The fraction of sp³-hybridized carbons (Fsp3) is 0.250. The number of nitrogens with one attached hydrogen (secondary N) is 1. The zero-order valence-corrected chi connectivity index (χ0v) is 10.0. The zero-order chi connectivity index (χ0) is 11.5. The van der Waals surface area contributed by atoms with Crippen LogP contribution in [0.25, 0.3) is 0 Å². The summed E-state index contributed by atoms with van der Waals surface area (Å²) >= 11 is 7.23. The Hall–Kier alpha value is -1.47. The molecule has 0 saturated carbocycles. The van der Waals surface area contributed by atoms with Gasteiger partial charge in [-0.25, -0.2) is 4.98 Å². The molecule has 8 heteroatoms. The molecule has 3 N–H and O–H groups in total. The maximum atomic E-state index is 5.64. The minimum absolute atomic E-state index is 0.0736. The number of thiazole rings is 1. The number of anilines is 2. The zero-order valence-electron chi connectivity index (χ0n) is 8.44. The van der Waals surface area contributed by atoms with Gasteiger partial charge >= 0.3 is 0 Å². The Morgan fingerprint density at radius 2 is 2.19 bits per heavy atom. The molecular formula is C8H9ClN6S. The fourth-order valence-corrected chi connectivity index (χ4v) is 1.88. The van der Waals surface area contributed by atoms with Gasteiger partial charge in [-0.1, -0.05) is 0 Å². The minimum atomic E-state index is 0.0736. The molecule has 0 amide bonds. The third-order valence-corrected chi connectivity index (χ3v) is 2.71. The van der Waals surface area contributed by atoms with Crippen LogP contribution in [0.15, 0.2) is 5.38 Å². The van der Waals surface area contributed by atoms with Crippen molar-refractivity contribution in [3.63, 3.8) is 0 Å². The first-order chi connectivity index (χ1) is 7.63. The summed E-state index contributed by atoms with van der Waals surface area (Å²) < 4.78 is 0. The average molecular weight is 257 g/mol. The van der Waals surface area contributed by atoms with Gasteiger partial charge < -0.3 is 11.1 Å². The van der Waals surface area contributed by atoms with Gasteiger partial charge in [0.25, 0.3) is 0 Å². The second kappa shape index (κ2) is 4.58. The van der Waals surface area contributed by atoms with Gasteiger partial charge in [-0.15, -0.1) is 11.3 Å². The van der Waals surface area contributed by atoms with E-state index in [1.807, 2.05) is 12.3 Å². The maximum absolute atomic E-state index is 5.64. The van der Waals surface area contributed by atoms with Gasteiger partial charge in [-0.3, -0.25) is 0 Å². The van der Waals surface area contributed by atoms with Crippen LogP contribution in [0, 0.1) is 6.92 Å². The van der Waals surface area contributed by atoms with Crippen molar-refractivity contribution < 1.29 is 0 Å². The average Bonchev–Trinajstić information content (AvgIpc) is 2.60. The van der Waals surface area contributed by atoms with Crippen molar-refractivity contribution >= 4 is 34.8 Å². The molecular weight excluding hydrogens is 248 g/mol. The highest BCUT2D eigenvalue weighted by atomic mass is 35.5. The maximum Gasteiger partial charge on any atom is 0.229 e. The highest BCUT2D eigenvalue weighted by Crippen LogP contribution is 2.11. The van der Waals surface area contributed by atoms with Gasteiger partial charge in [0.15, 0.2) is 0 Å². The second-order valence-corrected chi connectivity index (χ2v) is 4.40. The van der Waals surface area contributed by atoms with Crippen LogP contribution < -0.4 is 11.1 Å². The lowest BCUT2D eigenvalue weighted by molar-refractivity contribution is 0.985. The van der Waals surface area contributed by atoms with Crippen LogP contribution in [-0.2, 0) is 6.54 Å². The first-order valence-electron chi connectivity index (χ1n) is 4.45. The Balaban J connectivity index is 2.04. The van der Waals surface area contributed by atoms with Crippen molar-refractivity contribution in [3.05, 3.63) is 21.4 Å². The van der Waals surface area contributed by atoms with Gasteiger partial charge in [0.05, 0.1) is 17.2 Å². The van der Waals surface area contributed by atoms with E-state index in [1.165, 1.54) is 0 Å². The lowest BCUT2D eigenvalue weighted by atomic mass is 10.5. The lowest BCUT2D eigenvalue weighted by Gasteiger charge is -2.02. The number of aromatic nitrogens is 4. The molecule has 0 aliphatic carbocycles. The van der Waals surface area contributed by atoms with E-state index in [-0.39, 0.29) is 11.2 Å². The van der Waals surface area contributed by atoms with Crippen LogP contribution in [-0.4, -0.2) is 19.9 Å². The topological polar surface area (TPSA) is 89.6 Å². The van der Waals surface area contributed by atoms with E-state index < -0.39 is 0 Å². The lowest BCUT2D eigenvalue weighted by Crippen LogP contribution is -2.07. The van der Waals surface area contributed by atoms with E-state index >= 15 is 0 Å². The molecule has 0 aromatic carbocycles. The fourth-order valence-electron chi connectivity index (χ4n) is 1.10. The van der Waals surface area contributed by atoms with E-state index in [2.05, 4.69) is 25.3 Å². The summed E-state index contributed by atoms with van der Waals surface area (Å²) in [5.74, 6) is 0.445.